The zero-order valence-electron chi connectivity index (χ0n) is 18.5. The number of β-amino-alcohol motifs (C(OH)–C–C–N with tert-alkyl or cyclic N) is 1. The fourth-order valence-corrected chi connectivity index (χ4v) is 5.46. The molecule has 0 saturated carbocycles. The Kier molecular flexibility index (Phi) is 6.38. The van der Waals surface area contributed by atoms with E-state index in [1.54, 1.807) is 11.3 Å². The molecule has 0 spiro atoms. The number of aliphatic hydroxyl groups is 1. The smallest absolute Gasteiger partial charge is 0.255 e. The summed E-state index contributed by atoms with van der Waals surface area (Å²) in [6.07, 6.45) is 2.63. The Bertz CT molecular complexity index is 1510. The number of carbonyl (C=O) groups is 1. The van der Waals surface area contributed by atoms with Gasteiger partial charge < -0.3 is 10.4 Å². The molecule has 0 aliphatic carbocycles. The van der Waals surface area contributed by atoms with E-state index < -0.39 is 0 Å². The lowest BCUT2D eigenvalue weighted by Crippen LogP contribution is -2.22. The number of para-hydroxylation sites is 1. The van der Waals surface area contributed by atoms with Crippen LogP contribution in [0.1, 0.15) is 29.9 Å². The first-order chi connectivity index (χ1) is 16.6. The SMILES string of the molecule is C.O=C(Nc1ccccc1-c1cn2c(CN3CC[C@@H](O)C3)csc2n1)c1ccc2ccccc2c1. The van der Waals surface area contributed by atoms with Crippen LogP contribution in [0.25, 0.3) is 27.0 Å². The lowest BCUT2D eigenvalue weighted by atomic mass is 10.1. The van der Waals surface area contributed by atoms with Crippen LogP contribution >= 0.6 is 11.3 Å². The second-order valence-electron chi connectivity index (χ2n) is 8.75. The molecular weight excluding hydrogens is 456 g/mol. The minimum absolute atomic E-state index is 0. The van der Waals surface area contributed by atoms with Gasteiger partial charge in [-0.15, -0.1) is 11.3 Å². The van der Waals surface area contributed by atoms with Crippen molar-refractivity contribution in [1.82, 2.24) is 14.3 Å². The van der Waals surface area contributed by atoms with Gasteiger partial charge in [0.15, 0.2) is 4.96 Å². The number of carbonyl (C=O) groups excluding carboxylic acids is 1. The molecule has 1 aliphatic heterocycles. The highest BCUT2D eigenvalue weighted by Crippen LogP contribution is 2.30. The number of aromatic nitrogens is 2. The minimum atomic E-state index is -0.231. The van der Waals surface area contributed by atoms with Gasteiger partial charge in [-0.3, -0.25) is 14.1 Å². The fourth-order valence-electron chi connectivity index (χ4n) is 4.60. The summed E-state index contributed by atoms with van der Waals surface area (Å²) in [5.74, 6) is -0.146. The van der Waals surface area contributed by atoms with E-state index in [-0.39, 0.29) is 19.4 Å². The predicted octanol–water partition coefficient (Wildman–Crippen LogP) is 5.67. The molecule has 0 unspecified atom stereocenters. The number of fused-ring (bicyclic) bond motifs is 2. The van der Waals surface area contributed by atoms with Crippen LogP contribution in [0.3, 0.4) is 0 Å². The second-order valence-corrected chi connectivity index (χ2v) is 9.58. The van der Waals surface area contributed by atoms with E-state index in [2.05, 4.69) is 20.0 Å². The first kappa shape index (κ1) is 23.2. The van der Waals surface area contributed by atoms with Crippen LogP contribution in [0.2, 0.25) is 0 Å². The van der Waals surface area contributed by atoms with Crippen molar-refractivity contribution in [2.24, 2.45) is 0 Å². The molecule has 3 aromatic carbocycles. The van der Waals surface area contributed by atoms with Gasteiger partial charge in [-0.05, 0) is 35.4 Å². The predicted molar refractivity (Wildman–Crippen MR) is 143 cm³/mol. The van der Waals surface area contributed by atoms with Gasteiger partial charge in [-0.1, -0.05) is 56.0 Å². The minimum Gasteiger partial charge on any atom is -0.392 e. The van der Waals surface area contributed by atoms with Crippen molar-refractivity contribution in [2.75, 3.05) is 18.4 Å². The molecule has 7 heteroatoms. The Hall–Kier alpha value is -3.52. The van der Waals surface area contributed by atoms with Crippen LogP contribution < -0.4 is 5.32 Å². The van der Waals surface area contributed by atoms with Gasteiger partial charge in [0.25, 0.3) is 5.91 Å². The Morgan fingerprint density at radius 2 is 1.89 bits per heavy atom. The highest BCUT2D eigenvalue weighted by atomic mass is 32.1. The van der Waals surface area contributed by atoms with E-state index in [0.29, 0.717) is 12.1 Å². The summed E-state index contributed by atoms with van der Waals surface area (Å²) in [6, 6.07) is 21.5. The summed E-state index contributed by atoms with van der Waals surface area (Å²) in [5, 5.41) is 17.2. The number of imidazole rings is 1. The van der Waals surface area contributed by atoms with Gasteiger partial charge in [0.1, 0.15) is 0 Å². The molecule has 1 saturated heterocycles. The van der Waals surface area contributed by atoms with Gasteiger partial charge in [0.05, 0.1) is 17.5 Å². The number of rotatable bonds is 5. The molecule has 1 aliphatic rings. The number of benzene rings is 3. The Morgan fingerprint density at radius 3 is 2.71 bits per heavy atom. The molecule has 5 aromatic rings. The maximum atomic E-state index is 13.1. The summed E-state index contributed by atoms with van der Waals surface area (Å²) in [4.78, 5) is 21.1. The van der Waals surface area contributed by atoms with Gasteiger partial charge in [-0.25, -0.2) is 4.98 Å². The number of hydrogen-bond acceptors (Lipinski definition) is 5. The van der Waals surface area contributed by atoms with E-state index in [9.17, 15) is 9.90 Å². The normalized spacial score (nSPS) is 16.0. The number of nitrogens with zero attached hydrogens (tertiary/aromatic N) is 3. The van der Waals surface area contributed by atoms with E-state index in [0.717, 1.165) is 57.9 Å². The molecule has 6 rings (SSSR count). The van der Waals surface area contributed by atoms with Crippen LogP contribution in [0, 0.1) is 0 Å². The van der Waals surface area contributed by atoms with E-state index in [1.807, 2.05) is 72.9 Å². The van der Waals surface area contributed by atoms with Crippen molar-refractivity contribution in [3.05, 3.63) is 89.6 Å². The highest BCUT2D eigenvalue weighted by molar-refractivity contribution is 7.15. The average Bonchev–Trinajstić information content (AvgIpc) is 3.56. The lowest BCUT2D eigenvalue weighted by molar-refractivity contribution is 0.102. The maximum absolute atomic E-state index is 13.1. The summed E-state index contributed by atoms with van der Waals surface area (Å²) in [5.41, 5.74) is 4.22. The third-order valence-electron chi connectivity index (χ3n) is 6.38. The van der Waals surface area contributed by atoms with Crippen LogP contribution in [-0.4, -0.2) is 44.5 Å². The Balaban J connectivity index is 0.00000253. The van der Waals surface area contributed by atoms with Gasteiger partial charge in [0.2, 0.25) is 0 Å². The summed E-state index contributed by atoms with van der Waals surface area (Å²) < 4.78 is 2.12. The van der Waals surface area contributed by atoms with Crippen LogP contribution in [0.5, 0.6) is 0 Å². The second kappa shape index (κ2) is 9.62. The molecule has 6 nitrogen and oxygen atoms in total. The van der Waals surface area contributed by atoms with Crippen molar-refractivity contribution >= 4 is 38.7 Å². The molecule has 0 bridgehead atoms. The summed E-state index contributed by atoms with van der Waals surface area (Å²) in [7, 11) is 0. The molecular formula is C28H28N4O2S. The number of aliphatic hydroxyl groups excluding tert-OH is 1. The average molecular weight is 485 g/mol. The molecule has 2 N–H and O–H groups in total. The highest BCUT2D eigenvalue weighted by Gasteiger charge is 2.22. The topological polar surface area (TPSA) is 69.9 Å². The molecule has 1 fully saturated rings. The van der Waals surface area contributed by atoms with Crippen molar-refractivity contribution in [3.8, 4) is 11.3 Å². The monoisotopic (exact) mass is 484 g/mol. The van der Waals surface area contributed by atoms with Gasteiger partial charge in [-0.2, -0.15) is 0 Å². The third-order valence-corrected chi connectivity index (χ3v) is 7.27. The number of amides is 1. The fraction of sp³-hybridized carbons (Fsp3) is 0.214. The molecule has 1 atom stereocenters. The number of likely N-dealkylation sites (tertiary alicyclic amines) is 1. The van der Waals surface area contributed by atoms with E-state index in [4.69, 9.17) is 4.98 Å². The van der Waals surface area contributed by atoms with Crippen molar-refractivity contribution in [2.45, 2.75) is 26.5 Å². The largest absolute Gasteiger partial charge is 0.392 e. The molecule has 178 valence electrons. The van der Waals surface area contributed by atoms with Crippen molar-refractivity contribution < 1.29 is 9.90 Å². The van der Waals surface area contributed by atoms with Crippen molar-refractivity contribution in [3.63, 3.8) is 0 Å². The van der Waals surface area contributed by atoms with E-state index in [1.165, 1.54) is 0 Å². The number of thiazole rings is 1. The summed E-state index contributed by atoms with van der Waals surface area (Å²) >= 11 is 1.61. The maximum Gasteiger partial charge on any atom is 0.255 e. The first-order valence-electron chi connectivity index (χ1n) is 11.4. The Labute approximate surface area is 208 Å². The molecule has 35 heavy (non-hydrogen) atoms. The summed E-state index contributed by atoms with van der Waals surface area (Å²) in [6.45, 7) is 2.40. The Morgan fingerprint density at radius 1 is 1.09 bits per heavy atom. The van der Waals surface area contributed by atoms with Gasteiger partial charge in [0, 0.05) is 48.0 Å². The van der Waals surface area contributed by atoms with Crippen LogP contribution in [0.15, 0.2) is 78.3 Å². The zero-order valence-corrected chi connectivity index (χ0v) is 19.3. The zero-order chi connectivity index (χ0) is 23.1. The third kappa shape index (κ3) is 4.58. The van der Waals surface area contributed by atoms with Crippen LogP contribution in [0.4, 0.5) is 5.69 Å². The first-order valence-corrected chi connectivity index (χ1v) is 12.3. The van der Waals surface area contributed by atoms with Crippen LogP contribution in [-0.2, 0) is 6.54 Å². The molecule has 1 amide bonds. The number of hydrogen-bond donors (Lipinski definition) is 2. The number of nitrogens with one attached hydrogen (secondary N) is 1. The molecule has 3 heterocycles. The molecule has 0 radical (unpaired) electrons. The van der Waals surface area contributed by atoms with Crippen molar-refractivity contribution in [1.29, 1.82) is 0 Å². The quantitative estimate of drug-likeness (QED) is 0.337. The molecule has 2 aromatic heterocycles. The standard InChI is InChI=1S/C27H24N4O2S.CH4/c32-22-11-12-30(15-22)14-21-17-34-27-29-25(16-31(21)27)23-7-3-4-8-24(23)28-26(33)20-10-9-18-5-1-2-6-19(18)13-20;/h1-10,13,16-17,22,32H,11-12,14-15H2,(H,28,33);1H4/t22-;/m1./s1. The van der Waals surface area contributed by atoms with Gasteiger partial charge >= 0.3 is 0 Å². The number of anilines is 1. The lowest BCUT2D eigenvalue weighted by Gasteiger charge is -2.13. The van der Waals surface area contributed by atoms with E-state index >= 15 is 0 Å².